The number of hydrogen-bond donors (Lipinski definition) is 1. The average Bonchev–Trinajstić information content (AvgIpc) is 2.44. The molecule has 0 aromatic heterocycles. The maximum absolute atomic E-state index is 12.0. The van der Waals surface area contributed by atoms with Gasteiger partial charge < -0.3 is 10.2 Å². The molecule has 21 heavy (non-hydrogen) atoms. The number of nitrogens with one attached hydrogen (secondary N) is 1. The van der Waals surface area contributed by atoms with Crippen molar-refractivity contribution in [3.63, 3.8) is 0 Å². The summed E-state index contributed by atoms with van der Waals surface area (Å²) in [6, 6.07) is 5.34. The fourth-order valence-electron chi connectivity index (χ4n) is 2.06. The molecule has 0 bridgehead atoms. The summed E-state index contributed by atoms with van der Waals surface area (Å²) in [5, 5.41) is 3.43. The van der Waals surface area contributed by atoms with Gasteiger partial charge in [-0.3, -0.25) is 9.59 Å². The van der Waals surface area contributed by atoms with E-state index in [1.54, 1.807) is 18.2 Å². The smallest absolute Gasteiger partial charge is 0.240 e. The summed E-state index contributed by atoms with van der Waals surface area (Å²) in [5.74, 6) is -0.329. The Kier molecular flexibility index (Phi) is 7.23. The summed E-state index contributed by atoms with van der Waals surface area (Å²) in [4.78, 5) is 25.2. The van der Waals surface area contributed by atoms with E-state index in [2.05, 4.69) is 12.2 Å². The van der Waals surface area contributed by atoms with Crippen LogP contribution in [-0.2, 0) is 9.59 Å². The van der Waals surface area contributed by atoms with Gasteiger partial charge in [-0.25, -0.2) is 0 Å². The predicted molar refractivity (Wildman–Crippen MR) is 86.8 cm³/mol. The Morgan fingerprint density at radius 3 is 2.62 bits per heavy atom. The number of unbranched alkanes of at least 4 members (excludes halogenated alkanes) is 2. The zero-order valence-electron chi connectivity index (χ0n) is 12.9. The second-order valence-corrected chi connectivity index (χ2v) is 5.45. The molecule has 1 aromatic rings. The van der Waals surface area contributed by atoms with Crippen LogP contribution in [0.2, 0.25) is 5.02 Å². The molecule has 5 heteroatoms. The Labute approximate surface area is 131 Å². The van der Waals surface area contributed by atoms with Crippen LogP contribution in [0.5, 0.6) is 0 Å². The summed E-state index contributed by atoms with van der Waals surface area (Å²) < 4.78 is 0. The predicted octanol–water partition coefficient (Wildman–Crippen LogP) is 3.31. The zero-order chi connectivity index (χ0) is 15.8. The van der Waals surface area contributed by atoms with Crippen molar-refractivity contribution in [2.75, 3.05) is 18.0 Å². The van der Waals surface area contributed by atoms with Gasteiger partial charge in [0.15, 0.2) is 0 Å². The van der Waals surface area contributed by atoms with Crippen LogP contribution in [0, 0.1) is 6.92 Å². The van der Waals surface area contributed by atoms with Gasteiger partial charge in [-0.15, -0.1) is 0 Å². The molecule has 0 spiro atoms. The van der Waals surface area contributed by atoms with E-state index in [9.17, 15) is 9.59 Å². The lowest BCUT2D eigenvalue weighted by Gasteiger charge is -2.23. The van der Waals surface area contributed by atoms with E-state index < -0.39 is 0 Å². The monoisotopic (exact) mass is 310 g/mol. The molecule has 0 aliphatic carbocycles. The minimum Gasteiger partial charge on any atom is -0.355 e. The first-order valence-corrected chi connectivity index (χ1v) is 7.65. The number of carbonyl (C=O) groups is 2. The van der Waals surface area contributed by atoms with Gasteiger partial charge in [-0.1, -0.05) is 37.4 Å². The third kappa shape index (κ3) is 5.38. The lowest BCUT2D eigenvalue weighted by atomic mass is 10.1. The van der Waals surface area contributed by atoms with E-state index in [1.165, 1.54) is 11.8 Å². The first-order valence-electron chi connectivity index (χ1n) is 7.27. The van der Waals surface area contributed by atoms with E-state index in [4.69, 9.17) is 11.6 Å². The second kappa shape index (κ2) is 8.67. The first-order chi connectivity index (χ1) is 9.97. The molecule has 0 saturated carbocycles. The van der Waals surface area contributed by atoms with E-state index >= 15 is 0 Å². The largest absolute Gasteiger partial charge is 0.355 e. The molecule has 4 nitrogen and oxygen atoms in total. The molecule has 0 fully saturated rings. The molecular weight excluding hydrogens is 288 g/mol. The Morgan fingerprint density at radius 2 is 2.00 bits per heavy atom. The summed E-state index contributed by atoms with van der Waals surface area (Å²) in [5.41, 5.74) is 1.48. The molecule has 0 aliphatic rings. The minimum atomic E-state index is -0.177. The molecule has 2 amide bonds. The molecule has 0 aliphatic heterocycles. The van der Waals surface area contributed by atoms with E-state index in [0.717, 1.165) is 24.8 Å². The minimum absolute atomic E-state index is 0.0165. The van der Waals surface area contributed by atoms with Crippen molar-refractivity contribution in [3.05, 3.63) is 28.8 Å². The van der Waals surface area contributed by atoms with Crippen LogP contribution >= 0.6 is 11.6 Å². The highest BCUT2D eigenvalue weighted by molar-refractivity contribution is 6.31. The van der Waals surface area contributed by atoms with Crippen LogP contribution < -0.4 is 10.2 Å². The topological polar surface area (TPSA) is 49.4 Å². The number of carbonyl (C=O) groups excluding carboxylic acids is 2. The van der Waals surface area contributed by atoms with Gasteiger partial charge in [-0.05, 0) is 31.0 Å². The van der Waals surface area contributed by atoms with Crippen molar-refractivity contribution in [3.8, 4) is 0 Å². The molecule has 0 radical (unpaired) electrons. The quantitative estimate of drug-likeness (QED) is 0.786. The molecule has 1 rings (SSSR count). The summed E-state index contributed by atoms with van der Waals surface area (Å²) >= 11 is 6.08. The van der Waals surface area contributed by atoms with Gasteiger partial charge in [0.25, 0.3) is 0 Å². The van der Waals surface area contributed by atoms with Crippen LogP contribution in [0.4, 0.5) is 5.69 Å². The number of halogens is 1. The van der Waals surface area contributed by atoms with Crippen molar-refractivity contribution < 1.29 is 9.59 Å². The van der Waals surface area contributed by atoms with Gasteiger partial charge >= 0.3 is 0 Å². The van der Waals surface area contributed by atoms with Gasteiger partial charge in [0.1, 0.15) is 6.54 Å². The van der Waals surface area contributed by atoms with Crippen LogP contribution in [0.3, 0.4) is 0 Å². The molecule has 0 atom stereocenters. The number of benzene rings is 1. The van der Waals surface area contributed by atoms with Gasteiger partial charge in [-0.2, -0.15) is 0 Å². The second-order valence-electron chi connectivity index (χ2n) is 5.05. The fraction of sp³-hybridized carbons (Fsp3) is 0.500. The van der Waals surface area contributed by atoms with E-state index in [-0.39, 0.29) is 18.4 Å². The lowest BCUT2D eigenvalue weighted by molar-refractivity contribution is -0.123. The molecule has 116 valence electrons. The van der Waals surface area contributed by atoms with Gasteiger partial charge in [0, 0.05) is 24.2 Å². The summed E-state index contributed by atoms with van der Waals surface area (Å²) in [6.45, 7) is 6.06. The highest BCUT2D eigenvalue weighted by Crippen LogP contribution is 2.26. The van der Waals surface area contributed by atoms with Crippen LogP contribution in [-0.4, -0.2) is 24.9 Å². The van der Waals surface area contributed by atoms with Gasteiger partial charge in [0.2, 0.25) is 11.8 Å². The van der Waals surface area contributed by atoms with Crippen molar-refractivity contribution >= 4 is 29.1 Å². The third-order valence-electron chi connectivity index (χ3n) is 3.31. The Bertz CT molecular complexity index is 503. The molecule has 1 N–H and O–H groups in total. The number of hydrogen-bond acceptors (Lipinski definition) is 2. The van der Waals surface area contributed by atoms with E-state index in [1.807, 2.05) is 6.92 Å². The van der Waals surface area contributed by atoms with E-state index in [0.29, 0.717) is 17.3 Å². The SMILES string of the molecule is CCCCCNC(=O)CN(C(C)=O)c1cccc(Cl)c1C. The zero-order valence-corrected chi connectivity index (χ0v) is 13.7. The molecule has 1 aromatic carbocycles. The molecular formula is C16H23ClN2O2. The summed E-state index contributed by atoms with van der Waals surface area (Å²) in [6.07, 6.45) is 3.15. The number of rotatable bonds is 7. The van der Waals surface area contributed by atoms with Crippen LogP contribution in [0.1, 0.15) is 38.7 Å². The van der Waals surface area contributed by atoms with Crippen LogP contribution in [0.15, 0.2) is 18.2 Å². The summed E-state index contributed by atoms with van der Waals surface area (Å²) in [7, 11) is 0. The lowest BCUT2D eigenvalue weighted by Crippen LogP contribution is -2.40. The highest BCUT2D eigenvalue weighted by atomic mass is 35.5. The Morgan fingerprint density at radius 1 is 1.29 bits per heavy atom. The van der Waals surface area contributed by atoms with Crippen molar-refractivity contribution in [2.45, 2.75) is 40.0 Å². The third-order valence-corrected chi connectivity index (χ3v) is 3.72. The highest BCUT2D eigenvalue weighted by Gasteiger charge is 2.18. The molecule has 0 heterocycles. The molecule has 0 unspecified atom stereocenters. The normalized spacial score (nSPS) is 10.3. The van der Waals surface area contributed by atoms with Crippen molar-refractivity contribution in [1.82, 2.24) is 5.32 Å². The number of amides is 2. The fourth-order valence-corrected chi connectivity index (χ4v) is 2.23. The average molecular weight is 311 g/mol. The maximum Gasteiger partial charge on any atom is 0.240 e. The Hall–Kier alpha value is -1.55. The number of nitrogens with zero attached hydrogens (tertiary/aromatic N) is 1. The van der Waals surface area contributed by atoms with Crippen molar-refractivity contribution in [2.24, 2.45) is 0 Å². The first kappa shape index (κ1) is 17.5. The Balaban J connectivity index is 2.72. The van der Waals surface area contributed by atoms with Crippen molar-refractivity contribution in [1.29, 1.82) is 0 Å². The van der Waals surface area contributed by atoms with Gasteiger partial charge in [0.05, 0.1) is 0 Å². The standard InChI is InChI=1S/C16H23ClN2O2/c1-4-5-6-10-18-16(21)11-19(13(3)20)15-9-7-8-14(17)12(15)2/h7-9H,4-6,10-11H2,1-3H3,(H,18,21). The molecule has 0 saturated heterocycles. The maximum atomic E-state index is 12.0. The van der Waals surface area contributed by atoms with Crippen LogP contribution in [0.25, 0.3) is 0 Å². The number of anilines is 1.